The second kappa shape index (κ2) is 9.57. The second-order valence-electron chi connectivity index (χ2n) is 8.52. The molecule has 0 aromatic rings. The maximum atomic E-state index is 12.2. The number of hydrogen-bond donors (Lipinski definition) is 2. The summed E-state index contributed by atoms with van der Waals surface area (Å²) in [4.78, 5) is 18.5. The topological polar surface area (TPSA) is 66.0 Å². The molecule has 0 aromatic carbocycles. The van der Waals surface area contributed by atoms with Gasteiger partial charge in [-0.25, -0.2) is 0 Å². The normalized spacial score (nSPS) is 24.6. The van der Waals surface area contributed by atoms with E-state index in [1.165, 1.54) is 25.7 Å². The fraction of sp³-hybridized carbons (Fsp3) is 0.895. The van der Waals surface area contributed by atoms with Crippen LogP contribution in [-0.2, 0) is 9.53 Å². The summed E-state index contributed by atoms with van der Waals surface area (Å²) in [6, 6.07) is 0.387. The smallest absolute Gasteiger partial charge is 0.240 e. The third-order valence-corrected chi connectivity index (χ3v) is 5.46. The fourth-order valence-corrected chi connectivity index (χ4v) is 4.34. The van der Waals surface area contributed by atoms with Crippen molar-refractivity contribution in [2.75, 3.05) is 27.2 Å². The molecule has 0 heterocycles. The van der Waals surface area contributed by atoms with Crippen LogP contribution in [0.25, 0.3) is 0 Å². The van der Waals surface area contributed by atoms with Crippen LogP contribution >= 0.6 is 24.0 Å². The molecule has 2 saturated carbocycles. The van der Waals surface area contributed by atoms with Crippen LogP contribution in [0.5, 0.6) is 0 Å². The van der Waals surface area contributed by atoms with E-state index in [1.54, 1.807) is 7.05 Å². The lowest BCUT2D eigenvalue weighted by Gasteiger charge is -2.54. The van der Waals surface area contributed by atoms with E-state index in [2.05, 4.69) is 22.5 Å². The molecule has 2 aliphatic rings. The molecule has 26 heavy (non-hydrogen) atoms. The van der Waals surface area contributed by atoms with Crippen LogP contribution in [0, 0.1) is 5.41 Å². The highest BCUT2D eigenvalue weighted by Crippen LogP contribution is 2.54. The first-order chi connectivity index (χ1) is 11.7. The van der Waals surface area contributed by atoms with Crippen LogP contribution in [0.3, 0.4) is 0 Å². The Balaban J connectivity index is 0.00000338. The Bertz CT molecular complexity index is 498. The van der Waals surface area contributed by atoms with Crippen molar-refractivity contribution in [2.24, 2.45) is 10.4 Å². The fourth-order valence-electron chi connectivity index (χ4n) is 4.34. The van der Waals surface area contributed by atoms with Gasteiger partial charge in [-0.05, 0) is 47.0 Å². The summed E-state index contributed by atoms with van der Waals surface area (Å²) in [7, 11) is 3.69. The minimum Gasteiger partial charge on any atom is -0.378 e. The van der Waals surface area contributed by atoms with E-state index in [0.29, 0.717) is 18.7 Å². The average molecular weight is 480 g/mol. The van der Waals surface area contributed by atoms with E-state index >= 15 is 0 Å². The van der Waals surface area contributed by atoms with Gasteiger partial charge in [0.1, 0.15) is 0 Å². The molecule has 0 bridgehead atoms. The summed E-state index contributed by atoms with van der Waals surface area (Å²) < 4.78 is 5.98. The van der Waals surface area contributed by atoms with Gasteiger partial charge in [-0.3, -0.25) is 9.79 Å². The van der Waals surface area contributed by atoms with Gasteiger partial charge in [0.25, 0.3) is 0 Å². The summed E-state index contributed by atoms with van der Waals surface area (Å²) in [5, 5.41) is 6.61. The molecule has 152 valence electrons. The lowest BCUT2D eigenvalue weighted by molar-refractivity contribution is -0.126. The highest BCUT2D eigenvalue weighted by molar-refractivity contribution is 14.0. The lowest BCUT2D eigenvalue weighted by Crippen LogP contribution is -2.65. The van der Waals surface area contributed by atoms with E-state index in [9.17, 15) is 4.79 Å². The zero-order chi connectivity index (χ0) is 18.7. The first kappa shape index (κ1) is 23.5. The maximum absolute atomic E-state index is 12.2. The second-order valence-corrected chi connectivity index (χ2v) is 8.52. The Labute approximate surface area is 175 Å². The molecule has 2 unspecified atom stereocenters. The molecule has 2 aliphatic carbocycles. The molecule has 0 radical (unpaired) electrons. The van der Waals surface area contributed by atoms with Crippen molar-refractivity contribution >= 4 is 35.8 Å². The highest BCUT2D eigenvalue weighted by Gasteiger charge is 2.57. The van der Waals surface area contributed by atoms with Gasteiger partial charge < -0.3 is 20.3 Å². The van der Waals surface area contributed by atoms with Crippen molar-refractivity contribution in [3.05, 3.63) is 0 Å². The molecular weight excluding hydrogens is 443 g/mol. The Hall–Kier alpha value is -0.570. The van der Waals surface area contributed by atoms with Gasteiger partial charge in [0, 0.05) is 37.7 Å². The van der Waals surface area contributed by atoms with E-state index in [4.69, 9.17) is 4.74 Å². The number of carbonyl (C=O) groups excluding carboxylic acids is 1. The molecule has 0 saturated heterocycles. The molecule has 0 aliphatic heterocycles. The quantitative estimate of drug-likeness (QED) is 0.361. The van der Waals surface area contributed by atoms with Gasteiger partial charge in [0.15, 0.2) is 5.96 Å². The third-order valence-electron chi connectivity index (χ3n) is 5.46. The lowest BCUT2D eigenvalue weighted by atomic mass is 9.60. The predicted octanol–water partition coefficient (Wildman–Crippen LogP) is 2.76. The van der Waals surface area contributed by atoms with Crippen LogP contribution in [0.4, 0.5) is 0 Å². The van der Waals surface area contributed by atoms with Crippen LogP contribution < -0.4 is 10.6 Å². The summed E-state index contributed by atoms with van der Waals surface area (Å²) in [6.07, 6.45) is 6.40. The molecule has 1 amide bonds. The number of guanidine groups is 1. The van der Waals surface area contributed by atoms with Gasteiger partial charge in [-0.2, -0.15) is 0 Å². The van der Waals surface area contributed by atoms with E-state index in [1.807, 2.05) is 32.7 Å². The Morgan fingerprint density at radius 3 is 2.42 bits per heavy atom. The molecule has 2 fully saturated rings. The number of carbonyl (C=O) groups is 1. The van der Waals surface area contributed by atoms with Crippen molar-refractivity contribution in [2.45, 2.75) is 77.5 Å². The minimum absolute atomic E-state index is 0. The molecule has 1 spiro atoms. The standard InChI is InChI=1S/C19H36N4O2.HI/c1-7-25-15-12-14(19(15)10-8-9-11-19)21-17(20-5)23(6)13-16(24)22-18(2,3)4;/h14-15H,7-13H2,1-6H3,(H,20,21)(H,22,24);1H. The number of ether oxygens (including phenoxy) is 1. The largest absolute Gasteiger partial charge is 0.378 e. The van der Waals surface area contributed by atoms with E-state index in [0.717, 1.165) is 19.0 Å². The first-order valence-electron chi connectivity index (χ1n) is 9.59. The van der Waals surface area contributed by atoms with Crippen LogP contribution in [0.1, 0.15) is 59.8 Å². The van der Waals surface area contributed by atoms with Crippen LogP contribution in [-0.4, -0.2) is 61.7 Å². The predicted molar refractivity (Wildman–Crippen MR) is 117 cm³/mol. The summed E-state index contributed by atoms with van der Waals surface area (Å²) in [6.45, 7) is 9.12. The maximum Gasteiger partial charge on any atom is 0.240 e. The molecule has 2 N–H and O–H groups in total. The SMILES string of the molecule is CCOC1CC(NC(=NC)N(C)CC(=O)NC(C)(C)C)C12CCCC2.I. The van der Waals surface area contributed by atoms with E-state index < -0.39 is 0 Å². The summed E-state index contributed by atoms with van der Waals surface area (Å²) in [5.74, 6) is 0.796. The number of nitrogens with zero attached hydrogens (tertiary/aromatic N) is 2. The zero-order valence-corrected chi connectivity index (χ0v) is 19.6. The molecule has 0 aromatic heterocycles. The number of aliphatic imine (C=N–C) groups is 1. The summed E-state index contributed by atoms with van der Waals surface area (Å²) >= 11 is 0. The van der Waals surface area contributed by atoms with Crippen molar-refractivity contribution in [1.29, 1.82) is 0 Å². The van der Waals surface area contributed by atoms with Gasteiger partial charge in [-0.1, -0.05) is 12.8 Å². The number of rotatable bonds is 5. The highest BCUT2D eigenvalue weighted by atomic mass is 127. The zero-order valence-electron chi connectivity index (χ0n) is 17.2. The minimum atomic E-state index is -0.221. The van der Waals surface area contributed by atoms with Gasteiger partial charge in [-0.15, -0.1) is 24.0 Å². The van der Waals surface area contributed by atoms with Gasteiger partial charge in [0.2, 0.25) is 5.91 Å². The van der Waals surface area contributed by atoms with E-state index in [-0.39, 0.29) is 40.8 Å². The van der Waals surface area contributed by atoms with Crippen molar-refractivity contribution in [1.82, 2.24) is 15.5 Å². The van der Waals surface area contributed by atoms with Crippen molar-refractivity contribution < 1.29 is 9.53 Å². The number of amides is 1. The molecule has 2 atom stereocenters. The first-order valence-corrected chi connectivity index (χ1v) is 9.59. The monoisotopic (exact) mass is 480 g/mol. The van der Waals surface area contributed by atoms with Crippen molar-refractivity contribution in [3.63, 3.8) is 0 Å². The molecule has 2 rings (SSSR count). The van der Waals surface area contributed by atoms with Crippen LogP contribution in [0.2, 0.25) is 0 Å². The molecule has 7 heteroatoms. The number of nitrogens with one attached hydrogen (secondary N) is 2. The van der Waals surface area contributed by atoms with Crippen molar-refractivity contribution in [3.8, 4) is 0 Å². The Morgan fingerprint density at radius 1 is 1.31 bits per heavy atom. The average Bonchev–Trinajstić information content (AvgIpc) is 3.00. The third kappa shape index (κ3) is 5.47. The number of likely N-dealkylation sites (N-methyl/N-ethyl adjacent to an activating group) is 1. The van der Waals surface area contributed by atoms with Crippen LogP contribution in [0.15, 0.2) is 4.99 Å². The Kier molecular flexibility index (Phi) is 8.64. The number of hydrogen-bond acceptors (Lipinski definition) is 3. The number of halogens is 1. The molecule has 6 nitrogen and oxygen atoms in total. The van der Waals surface area contributed by atoms with Gasteiger partial charge in [0.05, 0.1) is 12.6 Å². The molecular formula is C19H37IN4O2. The van der Waals surface area contributed by atoms with Gasteiger partial charge >= 0.3 is 0 Å². The summed E-state index contributed by atoms with van der Waals surface area (Å²) in [5.41, 5.74) is 0.0297. The Morgan fingerprint density at radius 2 is 1.92 bits per heavy atom.